The molecular weight excluding hydrogens is 486 g/mol. The first-order valence-corrected chi connectivity index (χ1v) is 17.0. The molecule has 0 heterocycles. The van der Waals surface area contributed by atoms with Gasteiger partial charge in [-0.1, -0.05) is 154 Å². The Morgan fingerprint density at radius 1 is 0.615 bits per heavy atom. The predicted octanol–water partition coefficient (Wildman–Crippen LogP) is 8.54. The lowest BCUT2D eigenvalue weighted by molar-refractivity contribution is -0.123. The second-order valence-corrected chi connectivity index (χ2v) is 11.7. The zero-order valence-electron chi connectivity index (χ0n) is 25.9. The molecule has 0 saturated heterocycles. The Bertz CT molecular complexity index is 525. The number of rotatable bonds is 31. The van der Waals surface area contributed by atoms with E-state index >= 15 is 0 Å². The number of hydrogen-bond acceptors (Lipinski definition) is 4. The number of carbonyl (C=O) groups excluding carboxylic acids is 1. The lowest BCUT2D eigenvalue weighted by Gasteiger charge is -2.20. The third-order valence-corrected chi connectivity index (χ3v) is 7.82. The highest BCUT2D eigenvalue weighted by Gasteiger charge is 2.17. The van der Waals surface area contributed by atoms with Gasteiger partial charge < -0.3 is 20.6 Å². The number of amides is 1. The van der Waals surface area contributed by atoms with Crippen LogP contribution in [0.15, 0.2) is 12.2 Å². The summed E-state index contributed by atoms with van der Waals surface area (Å²) in [7, 11) is 0. The van der Waals surface area contributed by atoms with E-state index in [4.69, 9.17) is 5.11 Å². The zero-order valence-corrected chi connectivity index (χ0v) is 25.9. The van der Waals surface area contributed by atoms with Gasteiger partial charge in [-0.05, 0) is 25.7 Å². The van der Waals surface area contributed by atoms with Gasteiger partial charge in [0.1, 0.15) is 0 Å². The van der Waals surface area contributed by atoms with Crippen LogP contribution in [0.1, 0.15) is 174 Å². The highest BCUT2D eigenvalue weighted by atomic mass is 16.3. The minimum atomic E-state index is -0.841. The maximum atomic E-state index is 12.3. The molecule has 232 valence electrons. The van der Waals surface area contributed by atoms with Crippen molar-refractivity contribution in [2.45, 2.75) is 186 Å². The van der Waals surface area contributed by atoms with E-state index in [0.29, 0.717) is 13.0 Å². The van der Waals surface area contributed by atoms with E-state index in [9.17, 15) is 15.0 Å². The first kappa shape index (κ1) is 38.1. The Balaban J connectivity index is 3.62. The van der Waals surface area contributed by atoms with Crippen LogP contribution in [0.5, 0.6) is 0 Å². The maximum absolute atomic E-state index is 12.3. The van der Waals surface area contributed by atoms with Crippen molar-refractivity contribution < 1.29 is 20.1 Å². The number of allylic oxidation sites excluding steroid dienone is 1. The van der Waals surface area contributed by atoms with Crippen molar-refractivity contribution in [3.8, 4) is 0 Å². The number of hydrogen-bond donors (Lipinski definition) is 4. The maximum Gasteiger partial charge on any atom is 0.220 e. The molecule has 0 spiro atoms. The van der Waals surface area contributed by atoms with Crippen molar-refractivity contribution in [1.29, 1.82) is 0 Å². The number of aliphatic hydroxyl groups is 3. The molecule has 4 N–H and O–H groups in total. The van der Waals surface area contributed by atoms with Crippen LogP contribution in [-0.2, 0) is 4.79 Å². The summed E-state index contributed by atoms with van der Waals surface area (Å²) in [4.78, 5) is 12.3. The Kier molecular flexibility index (Phi) is 30.9. The van der Waals surface area contributed by atoms with Crippen molar-refractivity contribution in [2.75, 3.05) is 13.2 Å². The quantitative estimate of drug-likeness (QED) is 0.0511. The average molecular weight is 554 g/mol. The minimum Gasteiger partial charge on any atom is -0.396 e. The fourth-order valence-corrected chi connectivity index (χ4v) is 5.16. The highest BCUT2D eigenvalue weighted by Crippen LogP contribution is 2.14. The molecule has 0 aromatic heterocycles. The van der Waals surface area contributed by atoms with Crippen LogP contribution in [0.3, 0.4) is 0 Å². The molecule has 0 aliphatic rings. The molecule has 39 heavy (non-hydrogen) atoms. The van der Waals surface area contributed by atoms with E-state index < -0.39 is 12.1 Å². The second kappa shape index (κ2) is 31.6. The Morgan fingerprint density at radius 3 is 1.46 bits per heavy atom. The normalized spacial score (nSPS) is 13.2. The van der Waals surface area contributed by atoms with Crippen LogP contribution >= 0.6 is 0 Å². The Hall–Kier alpha value is -0.910. The molecule has 0 aliphatic heterocycles. The van der Waals surface area contributed by atoms with Crippen LogP contribution in [0.2, 0.25) is 0 Å². The van der Waals surface area contributed by atoms with E-state index in [0.717, 1.165) is 38.5 Å². The molecule has 0 bridgehead atoms. The molecule has 0 aliphatic carbocycles. The van der Waals surface area contributed by atoms with Gasteiger partial charge in [-0.25, -0.2) is 0 Å². The Labute approximate surface area is 242 Å². The molecule has 2 atom stereocenters. The highest BCUT2D eigenvalue weighted by molar-refractivity contribution is 5.76. The van der Waals surface area contributed by atoms with Gasteiger partial charge in [-0.3, -0.25) is 4.79 Å². The molecule has 5 heteroatoms. The SMILES string of the molecule is CCCCCCCCCCCCCC=CC(O)C(CO)NC(=O)CCCCCCCCCCCCCCCO. The fourth-order valence-electron chi connectivity index (χ4n) is 5.16. The van der Waals surface area contributed by atoms with Crippen LogP contribution in [0.25, 0.3) is 0 Å². The van der Waals surface area contributed by atoms with Crippen molar-refractivity contribution >= 4 is 5.91 Å². The minimum absolute atomic E-state index is 0.0779. The van der Waals surface area contributed by atoms with Gasteiger partial charge in [0.25, 0.3) is 0 Å². The summed E-state index contributed by atoms with van der Waals surface area (Å²) in [6.45, 7) is 2.34. The summed E-state index contributed by atoms with van der Waals surface area (Å²) < 4.78 is 0. The zero-order chi connectivity index (χ0) is 28.7. The number of aliphatic hydroxyl groups excluding tert-OH is 3. The van der Waals surface area contributed by atoms with E-state index in [2.05, 4.69) is 12.2 Å². The molecule has 0 rings (SSSR count). The predicted molar refractivity (Wildman–Crippen MR) is 167 cm³/mol. The standard InChI is InChI=1S/C34H67NO4/c1-2-3-4-5-6-7-8-10-13-16-19-22-25-28-33(38)32(31-37)35-34(39)29-26-23-20-17-14-11-9-12-15-18-21-24-27-30-36/h25,28,32-33,36-38H,2-24,26-27,29-31H2,1H3,(H,35,39). The largest absolute Gasteiger partial charge is 0.396 e. The topological polar surface area (TPSA) is 89.8 Å². The van der Waals surface area contributed by atoms with Crippen LogP contribution in [0.4, 0.5) is 0 Å². The molecule has 5 nitrogen and oxygen atoms in total. The summed E-state index contributed by atoms with van der Waals surface area (Å²) >= 11 is 0. The number of nitrogens with one attached hydrogen (secondary N) is 1. The molecule has 0 saturated carbocycles. The third kappa shape index (κ3) is 28.4. The summed E-state index contributed by atoms with van der Waals surface area (Å²) in [5.41, 5.74) is 0. The monoisotopic (exact) mass is 554 g/mol. The van der Waals surface area contributed by atoms with Crippen LogP contribution in [0, 0.1) is 0 Å². The molecule has 0 radical (unpaired) electrons. The van der Waals surface area contributed by atoms with Gasteiger partial charge >= 0.3 is 0 Å². The van der Waals surface area contributed by atoms with Crippen LogP contribution < -0.4 is 5.32 Å². The van der Waals surface area contributed by atoms with E-state index in [1.807, 2.05) is 6.08 Å². The average Bonchev–Trinajstić information content (AvgIpc) is 2.94. The lowest BCUT2D eigenvalue weighted by atomic mass is 10.0. The van der Waals surface area contributed by atoms with E-state index in [1.165, 1.54) is 122 Å². The summed E-state index contributed by atoms with van der Waals surface area (Å²) in [5.74, 6) is -0.0779. The third-order valence-electron chi connectivity index (χ3n) is 7.82. The Morgan fingerprint density at radius 2 is 1.03 bits per heavy atom. The summed E-state index contributed by atoms with van der Waals surface area (Å²) in [6, 6.07) is -0.624. The molecular formula is C34H67NO4. The van der Waals surface area contributed by atoms with Gasteiger partial charge in [0.05, 0.1) is 18.8 Å². The fraction of sp³-hybridized carbons (Fsp3) is 0.912. The first-order chi connectivity index (χ1) is 19.2. The molecule has 1 amide bonds. The first-order valence-electron chi connectivity index (χ1n) is 17.0. The summed E-state index contributed by atoms with van der Waals surface area (Å²) in [6.07, 6.45) is 34.4. The second-order valence-electron chi connectivity index (χ2n) is 11.7. The van der Waals surface area contributed by atoms with Gasteiger partial charge in [0.15, 0.2) is 0 Å². The van der Waals surface area contributed by atoms with Gasteiger partial charge in [0.2, 0.25) is 5.91 Å². The molecule has 0 aromatic carbocycles. The van der Waals surface area contributed by atoms with E-state index in [-0.39, 0.29) is 12.5 Å². The van der Waals surface area contributed by atoms with E-state index in [1.54, 1.807) is 6.08 Å². The lowest BCUT2D eigenvalue weighted by Crippen LogP contribution is -2.45. The van der Waals surface area contributed by atoms with Crippen molar-refractivity contribution in [3.63, 3.8) is 0 Å². The number of unbranched alkanes of at least 4 members (excludes halogenated alkanes) is 23. The van der Waals surface area contributed by atoms with Gasteiger partial charge in [-0.2, -0.15) is 0 Å². The summed E-state index contributed by atoms with van der Waals surface area (Å²) in [5, 5.41) is 31.6. The number of carbonyl (C=O) groups is 1. The molecule has 2 unspecified atom stereocenters. The smallest absolute Gasteiger partial charge is 0.220 e. The van der Waals surface area contributed by atoms with Crippen LogP contribution in [-0.4, -0.2) is 46.6 Å². The molecule has 0 aromatic rings. The van der Waals surface area contributed by atoms with Gasteiger partial charge in [0, 0.05) is 13.0 Å². The van der Waals surface area contributed by atoms with Gasteiger partial charge in [-0.15, -0.1) is 0 Å². The van der Waals surface area contributed by atoms with Crippen molar-refractivity contribution in [3.05, 3.63) is 12.2 Å². The molecule has 0 fully saturated rings. The van der Waals surface area contributed by atoms with Crippen molar-refractivity contribution in [2.24, 2.45) is 0 Å². The van der Waals surface area contributed by atoms with Crippen molar-refractivity contribution in [1.82, 2.24) is 5.32 Å².